The number of halogens is 1. The summed E-state index contributed by atoms with van der Waals surface area (Å²) >= 11 is 7.15. The van der Waals surface area contributed by atoms with Crippen molar-refractivity contribution in [1.29, 1.82) is 0 Å². The molecule has 0 unspecified atom stereocenters. The maximum Gasteiger partial charge on any atom is 0.328 e. The average molecular weight is 310 g/mol. The van der Waals surface area contributed by atoms with E-state index in [-0.39, 0.29) is 11.6 Å². The monoisotopic (exact) mass is 309 g/mol. The summed E-state index contributed by atoms with van der Waals surface area (Å²) in [7, 11) is 0. The van der Waals surface area contributed by atoms with Crippen molar-refractivity contribution in [3.8, 4) is 10.6 Å². The van der Waals surface area contributed by atoms with Gasteiger partial charge >= 0.3 is 5.69 Å². The van der Waals surface area contributed by atoms with Crippen LogP contribution in [0, 0.1) is 0 Å². The lowest BCUT2D eigenvalue weighted by molar-refractivity contribution is 0.568. The van der Waals surface area contributed by atoms with E-state index in [9.17, 15) is 9.59 Å². The predicted octanol–water partition coefficient (Wildman–Crippen LogP) is 1.95. The van der Waals surface area contributed by atoms with Crippen LogP contribution in [0.25, 0.3) is 10.6 Å². The second kappa shape index (κ2) is 5.10. The Bertz CT molecular complexity index is 847. The Kier molecular flexibility index (Phi) is 3.29. The van der Waals surface area contributed by atoms with Gasteiger partial charge in [0.2, 0.25) is 0 Å². The van der Waals surface area contributed by atoms with Crippen LogP contribution in [0.3, 0.4) is 0 Å². The molecule has 8 heteroatoms. The van der Waals surface area contributed by atoms with Gasteiger partial charge in [0, 0.05) is 17.1 Å². The third-order valence-corrected chi connectivity index (χ3v) is 3.83. The van der Waals surface area contributed by atoms with E-state index in [0.717, 1.165) is 10.6 Å². The average Bonchev–Trinajstić information content (AvgIpc) is 3.06. The molecule has 1 N–H and O–H groups in total. The van der Waals surface area contributed by atoms with Crippen LogP contribution in [0.2, 0.25) is 5.02 Å². The Morgan fingerprint density at radius 2 is 2.30 bits per heavy atom. The van der Waals surface area contributed by atoms with Crippen molar-refractivity contribution < 1.29 is 4.42 Å². The summed E-state index contributed by atoms with van der Waals surface area (Å²) in [5, 5.41) is 2.61. The molecule has 0 saturated heterocycles. The van der Waals surface area contributed by atoms with Gasteiger partial charge in [0.05, 0.1) is 18.5 Å². The molecule has 3 rings (SSSR count). The van der Waals surface area contributed by atoms with Crippen LogP contribution in [0.15, 0.2) is 44.2 Å². The van der Waals surface area contributed by atoms with Crippen LogP contribution in [-0.2, 0) is 6.54 Å². The Balaban J connectivity index is 1.91. The minimum Gasteiger partial charge on any atom is -0.472 e. The first-order valence-corrected chi connectivity index (χ1v) is 6.85. The number of nitrogens with zero attached hydrogens (tertiary/aromatic N) is 2. The molecule has 0 saturated carbocycles. The molecular formula is C12H8ClN3O3S. The molecule has 0 atom stereocenters. The van der Waals surface area contributed by atoms with E-state index in [0.29, 0.717) is 5.69 Å². The largest absolute Gasteiger partial charge is 0.472 e. The summed E-state index contributed by atoms with van der Waals surface area (Å²) in [4.78, 5) is 29.4. The fourth-order valence-electron chi connectivity index (χ4n) is 1.67. The number of furan rings is 1. The third-order valence-electron chi connectivity index (χ3n) is 2.62. The van der Waals surface area contributed by atoms with Crippen molar-refractivity contribution >= 4 is 22.9 Å². The molecule has 3 aromatic heterocycles. The number of hydrogen-bond acceptors (Lipinski definition) is 5. The van der Waals surface area contributed by atoms with E-state index in [4.69, 9.17) is 16.0 Å². The minimum absolute atomic E-state index is 0.0325. The van der Waals surface area contributed by atoms with Crippen molar-refractivity contribution in [1.82, 2.24) is 14.5 Å². The summed E-state index contributed by atoms with van der Waals surface area (Å²) < 4.78 is 6.30. The van der Waals surface area contributed by atoms with Gasteiger partial charge in [-0.1, -0.05) is 11.6 Å². The molecule has 0 radical (unpaired) electrons. The SMILES string of the molecule is O=c1[nH]c(=O)n(Cc2csc(-c3ccoc3)n2)cc1Cl. The molecule has 6 nitrogen and oxygen atoms in total. The highest BCUT2D eigenvalue weighted by molar-refractivity contribution is 7.13. The molecule has 102 valence electrons. The van der Waals surface area contributed by atoms with E-state index in [1.54, 1.807) is 12.5 Å². The van der Waals surface area contributed by atoms with Crippen LogP contribution in [-0.4, -0.2) is 14.5 Å². The Labute approximate surface area is 121 Å². The van der Waals surface area contributed by atoms with E-state index in [1.165, 1.54) is 22.1 Å². The highest BCUT2D eigenvalue weighted by Gasteiger charge is 2.08. The van der Waals surface area contributed by atoms with Gasteiger partial charge in [0.1, 0.15) is 16.3 Å². The van der Waals surface area contributed by atoms with E-state index in [1.807, 2.05) is 11.4 Å². The van der Waals surface area contributed by atoms with Gasteiger partial charge in [-0.3, -0.25) is 14.3 Å². The smallest absolute Gasteiger partial charge is 0.328 e. The third kappa shape index (κ3) is 2.45. The molecule has 0 aromatic carbocycles. The maximum atomic E-state index is 11.6. The van der Waals surface area contributed by atoms with Crippen molar-refractivity contribution in [2.75, 3.05) is 0 Å². The van der Waals surface area contributed by atoms with Gasteiger partial charge in [-0.05, 0) is 6.07 Å². The molecule has 3 heterocycles. The lowest BCUT2D eigenvalue weighted by Gasteiger charge is -2.02. The van der Waals surface area contributed by atoms with Gasteiger partial charge < -0.3 is 4.42 Å². The predicted molar refractivity (Wildman–Crippen MR) is 75.3 cm³/mol. The van der Waals surface area contributed by atoms with Gasteiger partial charge in [-0.2, -0.15) is 0 Å². The van der Waals surface area contributed by atoms with Gasteiger partial charge in [0.25, 0.3) is 5.56 Å². The zero-order chi connectivity index (χ0) is 14.1. The molecule has 0 aliphatic heterocycles. The molecule has 3 aromatic rings. The summed E-state index contributed by atoms with van der Waals surface area (Å²) in [6.45, 7) is 0.240. The summed E-state index contributed by atoms with van der Waals surface area (Å²) in [5.74, 6) is 0. The molecule has 0 aliphatic rings. The van der Waals surface area contributed by atoms with Gasteiger partial charge in [-0.25, -0.2) is 9.78 Å². The number of nitrogens with one attached hydrogen (secondary N) is 1. The highest BCUT2D eigenvalue weighted by Crippen LogP contribution is 2.24. The molecule has 0 aliphatic carbocycles. The fraction of sp³-hybridized carbons (Fsp3) is 0.0833. The molecule has 0 spiro atoms. The fourth-order valence-corrected chi connectivity index (χ4v) is 2.64. The molecule has 0 amide bonds. The number of aromatic amines is 1. The summed E-state index contributed by atoms with van der Waals surface area (Å²) in [6.07, 6.45) is 4.48. The number of H-pyrrole nitrogens is 1. The van der Waals surface area contributed by atoms with E-state index >= 15 is 0 Å². The Hall–Kier alpha value is -2.12. The Morgan fingerprint density at radius 1 is 1.45 bits per heavy atom. The van der Waals surface area contributed by atoms with Crippen molar-refractivity contribution in [3.63, 3.8) is 0 Å². The molecular weight excluding hydrogens is 302 g/mol. The summed E-state index contributed by atoms with van der Waals surface area (Å²) in [5.41, 5.74) is 0.479. The zero-order valence-corrected chi connectivity index (χ0v) is 11.6. The lowest BCUT2D eigenvalue weighted by atomic mass is 10.3. The topological polar surface area (TPSA) is 80.9 Å². The Morgan fingerprint density at radius 3 is 3.05 bits per heavy atom. The van der Waals surface area contributed by atoms with Crippen molar-refractivity contribution in [2.24, 2.45) is 0 Å². The molecule has 0 bridgehead atoms. The summed E-state index contributed by atoms with van der Waals surface area (Å²) in [6, 6.07) is 1.81. The van der Waals surface area contributed by atoms with Crippen LogP contribution in [0.5, 0.6) is 0 Å². The standard InChI is InChI=1S/C12H8ClN3O3S/c13-9-4-16(12(18)15-10(9)17)3-8-6-20-11(14-8)7-1-2-19-5-7/h1-2,4-6H,3H2,(H,15,17,18). The first-order chi connectivity index (χ1) is 9.63. The number of thiazole rings is 1. The number of hydrogen-bond donors (Lipinski definition) is 1. The quantitative estimate of drug-likeness (QED) is 0.802. The van der Waals surface area contributed by atoms with Gasteiger partial charge in [0.15, 0.2) is 0 Å². The van der Waals surface area contributed by atoms with Crippen molar-refractivity contribution in [2.45, 2.75) is 6.54 Å². The van der Waals surface area contributed by atoms with Gasteiger partial charge in [-0.15, -0.1) is 11.3 Å². The van der Waals surface area contributed by atoms with Crippen LogP contribution in [0.4, 0.5) is 0 Å². The van der Waals surface area contributed by atoms with Crippen LogP contribution >= 0.6 is 22.9 Å². The second-order valence-electron chi connectivity index (χ2n) is 4.02. The second-order valence-corrected chi connectivity index (χ2v) is 5.29. The van der Waals surface area contributed by atoms with Crippen LogP contribution < -0.4 is 11.2 Å². The molecule has 20 heavy (non-hydrogen) atoms. The van der Waals surface area contributed by atoms with Crippen molar-refractivity contribution in [3.05, 3.63) is 61.7 Å². The van der Waals surface area contributed by atoms with Crippen LogP contribution in [0.1, 0.15) is 5.69 Å². The normalized spacial score (nSPS) is 10.8. The zero-order valence-electron chi connectivity index (χ0n) is 10.00. The van der Waals surface area contributed by atoms with E-state index in [2.05, 4.69) is 9.97 Å². The highest BCUT2D eigenvalue weighted by atomic mass is 35.5. The first-order valence-electron chi connectivity index (χ1n) is 5.60. The minimum atomic E-state index is -0.592. The lowest BCUT2D eigenvalue weighted by Crippen LogP contribution is -2.30. The number of rotatable bonds is 3. The molecule has 0 fully saturated rings. The van der Waals surface area contributed by atoms with E-state index < -0.39 is 11.2 Å². The maximum absolute atomic E-state index is 11.6. The first kappa shape index (κ1) is 12.9. The number of aromatic nitrogens is 3.